The van der Waals surface area contributed by atoms with Gasteiger partial charge in [-0.3, -0.25) is 0 Å². The molecule has 127 valence electrons. The lowest BCUT2D eigenvalue weighted by Crippen LogP contribution is -2.29. The maximum Gasteiger partial charge on any atom is 0.178 e. The minimum absolute atomic E-state index is 0.0419. The van der Waals surface area contributed by atoms with Crippen molar-refractivity contribution in [1.82, 2.24) is 0 Å². The molecule has 3 nitrogen and oxygen atoms in total. The number of rotatable bonds is 9. The Morgan fingerprint density at radius 2 is 1.50 bits per heavy atom. The summed E-state index contributed by atoms with van der Waals surface area (Å²) in [7, 11) is -3.35. The van der Waals surface area contributed by atoms with Crippen LogP contribution in [0.1, 0.15) is 31.2 Å². The predicted molar refractivity (Wildman–Crippen MR) is 96.5 cm³/mol. The fourth-order valence-electron chi connectivity index (χ4n) is 3.01. The summed E-state index contributed by atoms with van der Waals surface area (Å²) in [5, 5.41) is 0. The van der Waals surface area contributed by atoms with E-state index in [1.54, 1.807) is 30.3 Å². The largest absolute Gasteiger partial charge is 0.303 e. The van der Waals surface area contributed by atoms with E-state index < -0.39 is 15.3 Å². The minimum Gasteiger partial charge on any atom is -0.303 e. The van der Waals surface area contributed by atoms with Crippen molar-refractivity contribution in [2.45, 2.75) is 36.0 Å². The van der Waals surface area contributed by atoms with Gasteiger partial charge < -0.3 is 4.79 Å². The van der Waals surface area contributed by atoms with E-state index in [0.29, 0.717) is 30.6 Å². The van der Waals surface area contributed by atoms with Gasteiger partial charge in [0.05, 0.1) is 10.6 Å². The topological polar surface area (TPSA) is 51.2 Å². The molecule has 0 amide bonds. The first-order valence-corrected chi connectivity index (χ1v) is 9.75. The average molecular weight is 343 g/mol. The van der Waals surface area contributed by atoms with Crippen LogP contribution in [0.15, 0.2) is 65.6 Å². The Labute approximate surface area is 144 Å². The highest BCUT2D eigenvalue weighted by Crippen LogP contribution is 2.37. The maximum atomic E-state index is 12.6. The van der Waals surface area contributed by atoms with Gasteiger partial charge in [-0.2, -0.15) is 0 Å². The Hall–Kier alpha value is -1.94. The first kappa shape index (κ1) is 18.4. The molecule has 2 rings (SSSR count). The SMILES string of the molecule is [CH2]CC(CCC=O)(CCS(=O)(=O)c1ccccc1)c1ccccc1. The Morgan fingerprint density at radius 3 is 2.04 bits per heavy atom. The number of carbonyl (C=O) groups is 1. The molecule has 0 aliphatic heterocycles. The molecule has 0 spiro atoms. The molecule has 0 aliphatic carbocycles. The fourth-order valence-corrected chi connectivity index (χ4v) is 4.48. The molecule has 0 fully saturated rings. The molecule has 0 heterocycles. The van der Waals surface area contributed by atoms with Gasteiger partial charge >= 0.3 is 0 Å². The smallest absolute Gasteiger partial charge is 0.178 e. The first-order valence-electron chi connectivity index (χ1n) is 8.10. The van der Waals surface area contributed by atoms with Gasteiger partial charge in [-0.05, 0) is 42.4 Å². The molecule has 1 radical (unpaired) electrons. The van der Waals surface area contributed by atoms with E-state index in [-0.39, 0.29) is 5.75 Å². The third-order valence-corrected chi connectivity index (χ3v) is 6.29. The summed E-state index contributed by atoms with van der Waals surface area (Å²) in [5.74, 6) is 0.0419. The zero-order chi connectivity index (χ0) is 17.5. The molecular weight excluding hydrogens is 320 g/mol. The fraction of sp³-hybridized carbons (Fsp3) is 0.300. The van der Waals surface area contributed by atoms with E-state index in [0.717, 1.165) is 11.8 Å². The van der Waals surface area contributed by atoms with Crippen LogP contribution in [0.5, 0.6) is 0 Å². The van der Waals surface area contributed by atoms with Crippen molar-refractivity contribution < 1.29 is 13.2 Å². The van der Waals surface area contributed by atoms with Crippen LogP contribution in [0.25, 0.3) is 0 Å². The highest BCUT2D eigenvalue weighted by Gasteiger charge is 2.31. The number of benzene rings is 2. The van der Waals surface area contributed by atoms with Crippen LogP contribution >= 0.6 is 0 Å². The molecule has 24 heavy (non-hydrogen) atoms. The first-order chi connectivity index (χ1) is 11.5. The van der Waals surface area contributed by atoms with Gasteiger partial charge in [0.2, 0.25) is 0 Å². The molecule has 0 aliphatic rings. The number of hydrogen-bond donors (Lipinski definition) is 0. The molecule has 0 saturated carbocycles. The lowest BCUT2D eigenvalue weighted by Gasteiger charge is -2.33. The predicted octanol–water partition coefficient (Wildman–Crippen LogP) is 3.99. The summed E-state index contributed by atoms with van der Waals surface area (Å²) in [6.07, 6.45) is 2.89. The zero-order valence-electron chi connectivity index (χ0n) is 13.7. The maximum absolute atomic E-state index is 12.6. The van der Waals surface area contributed by atoms with Gasteiger partial charge in [-0.1, -0.05) is 55.5 Å². The molecule has 0 aromatic heterocycles. The summed E-state index contributed by atoms with van der Waals surface area (Å²) >= 11 is 0. The van der Waals surface area contributed by atoms with Gasteiger partial charge in [-0.25, -0.2) is 8.42 Å². The Balaban J connectivity index is 2.27. The van der Waals surface area contributed by atoms with E-state index in [1.807, 2.05) is 30.3 Å². The summed E-state index contributed by atoms with van der Waals surface area (Å²) in [4.78, 5) is 11.2. The lowest BCUT2D eigenvalue weighted by atomic mass is 9.72. The number of aldehydes is 1. The summed E-state index contributed by atoms with van der Waals surface area (Å²) in [6.45, 7) is 4.05. The van der Waals surface area contributed by atoms with Crippen LogP contribution in [0.4, 0.5) is 0 Å². The Morgan fingerprint density at radius 1 is 0.917 bits per heavy atom. The van der Waals surface area contributed by atoms with Crippen molar-refractivity contribution in [3.05, 3.63) is 73.2 Å². The molecule has 1 atom stereocenters. The monoisotopic (exact) mass is 343 g/mol. The quantitative estimate of drug-likeness (QED) is 0.647. The van der Waals surface area contributed by atoms with Gasteiger partial charge in [-0.15, -0.1) is 0 Å². The third-order valence-electron chi connectivity index (χ3n) is 4.56. The summed E-state index contributed by atoms with van der Waals surface area (Å²) in [5.41, 5.74) is 0.648. The minimum atomic E-state index is -3.35. The van der Waals surface area contributed by atoms with Crippen molar-refractivity contribution in [2.24, 2.45) is 0 Å². The average Bonchev–Trinajstić information content (AvgIpc) is 2.64. The van der Waals surface area contributed by atoms with Crippen molar-refractivity contribution in [3.63, 3.8) is 0 Å². The van der Waals surface area contributed by atoms with Crippen molar-refractivity contribution in [1.29, 1.82) is 0 Å². The van der Waals surface area contributed by atoms with Gasteiger partial charge in [0, 0.05) is 6.42 Å². The summed E-state index contributed by atoms with van der Waals surface area (Å²) < 4.78 is 25.2. The molecule has 0 bridgehead atoms. The van der Waals surface area contributed by atoms with Crippen molar-refractivity contribution >= 4 is 16.1 Å². The van der Waals surface area contributed by atoms with E-state index >= 15 is 0 Å². The van der Waals surface area contributed by atoms with Crippen LogP contribution in [0.2, 0.25) is 0 Å². The normalized spacial score (nSPS) is 14.0. The molecule has 0 N–H and O–H groups in total. The third kappa shape index (κ3) is 4.32. The number of sulfone groups is 1. The molecule has 2 aromatic rings. The van der Waals surface area contributed by atoms with Crippen LogP contribution in [0.3, 0.4) is 0 Å². The second kappa shape index (κ2) is 8.25. The van der Waals surface area contributed by atoms with Gasteiger partial charge in [0.15, 0.2) is 9.84 Å². The van der Waals surface area contributed by atoms with Gasteiger partial charge in [0.1, 0.15) is 6.29 Å². The van der Waals surface area contributed by atoms with Crippen LogP contribution in [-0.2, 0) is 20.0 Å². The van der Waals surface area contributed by atoms with Crippen LogP contribution < -0.4 is 0 Å². The van der Waals surface area contributed by atoms with Gasteiger partial charge in [0.25, 0.3) is 0 Å². The Bertz CT molecular complexity index is 739. The molecular formula is C20H23O3S. The number of hydrogen-bond acceptors (Lipinski definition) is 3. The molecule has 4 heteroatoms. The van der Waals surface area contributed by atoms with Crippen LogP contribution in [0, 0.1) is 6.92 Å². The van der Waals surface area contributed by atoms with Crippen molar-refractivity contribution in [2.75, 3.05) is 5.75 Å². The standard InChI is InChI=1S/C20H23O3S/c1-2-20(14-9-16-21,18-10-5-3-6-11-18)15-17-24(22,23)19-12-7-4-8-13-19/h3-8,10-13,16H,1-2,9,14-15,17H2. The molecule has 2 aromatic carbocycles. The molecule has 1 unspecified atom stereocenters. The summed E-state index contributed by atoms with van der Waals surface area (Å²) in [6, 6.07) is 18.3. The second-order valence-electron chi connectivity index (χ2n) is 5.98. The zero-order valence-corrected chi connectivity index (χ0v) is 14.5. The Kier molecular flexibility index (Phi) is 6.32. The van der Waals surface area contributed by atoms with E-state index in [1.165, 1.54) is 0 Å². The van der Waals surface area contributed by atoms with Crippen LogP contribution in [-0.4, -0.2) is 20.5 Å². The van der Waals surface area contributed by atoms with E-state index in [2.05, 4.69) is 6.92 Å². The highest BCUT2D eigenvalue weighted by atomic mass is 32.2. The van der Waals surface area contributed by atoms with E-state index in [4.69, 9.17) is 0 Å². The number of carbonyl (C=O) groups excluding carboxylic acids is 1. The highest BCUT2D eigenvalue weighted by molar-refractivity contribution is 7.91. The molecule has 0 saturated heterocycles. The van der Waals surface area contributed by atoms with E-state index in [9.17, 15) is 13.2 Å². The second-order valence-corrected chi connectivity index (χ2v) is 8.09. The lowest BCUT2D eigenvalue weighted by molar-refractivity contribution is -0.108. The van der Waals surface area contributed by atoms with Crippen molar-refractivity contribution in [3.8, 4) is 0 Å².